The Balaban J connectivity index is 2.19. The van der Waals surface area contributed by atoms with E-state index in [2.05, 4.69) is 19.5 Å². The summed E-state index contributed by atoms with van der Waals surface area (Å²) >= 11 is 0. The molecule has 0 saturated heterocycles. The minimum Gasteiger partial charge on any atom is -0.297 e. The van der Waals surface area contributed by atoms with Crippen molar-refractivity contribution in [3.8, 4) is 17.1 Å². The molecule has 88 valence electrons. The average molecular weight is 236 g/mol. The fraction of sp³-hybridized carbons (Fsp3) is 0.0714. The van der Waals surface area contributed by atoms with Gasteiger partial charge in [0.25, 0.3) is 0 Å². The second kappa shape index (κ2) is 4.41. The summed E-state index contributed by atoms with van der Waals surface area (Å²) in [5.74, 6) is 0.895. The second-order valence-electron chi connectivity index (χ2n) is 4.01. The Hall–Kier alpha value is -2.49. The quantitative estimate of drug-likeness (QED) is 0.687. The summed E-state index contributed by atoms with van der Waals surface area (Å²) < 4.78 is 2.10. The zero-order chi connectivity index (χ0) is 12.4. The molecule has 0 saturated carbocycles. The first-order valence-electron chi connectivity index (χ1n) is 5.71. The van der Waals surface area contributed by atoms with E-state index >= 15 is 0 Å². The van der Waals surface area contributed by atoms with E-state index in [1.165, 1.54) is 0 Å². The van der Waals surface area contributed by atoms with Gasteiger partial charge in [0.1, 0.15) is 5.82 Å². The number of pyridine rings is 2. The Morgan fingerprint density at radius 2 is 1.78 bits per heavy atom. The Labute approximate surface area is 105 Å². The largest absolute Gasteiger partial charge is 0.297 e. The van der Waals surface area contributed by atoms with Crippen molar-refractivity contribution in [3.05, 3.63) is 60.9 Å². The molecule has 18 heavy (non-hydrogen) atoms. The lowest BCUT2D eigenvalue weighted by molar-refractivity contribution is 1.01. The Kier molecular flexibility index (Phi) is 2.61. The van der Waals surface area contributed by atoms with Crippen molar-refractivity contribution < 1.29 is 0 Å². The van der Waals surface area contributed by atoms with Crippen LogP contribution in [0.3, 0.4) is 0 Å². The number of aromatic nitrogens is 4. The number of hydrogen-bond donors (Lipinski definition) is 0. The zero-order valence-electron chi connectivity index (χ0n) is 9.99. The molecule has 0 atom stereocenters. The van der Waals surface area contributed by atoms with E-state index < -0.39 is 0 Å². The van der Waals surface area contributed by atoms with Gasteiger partial charge < -0.3 is 0 Å². The van der Waals surface area contributed by atoms with Crippen LogP contribution in [-0.4, -0.2) is 19.5 Å². The summed E-state index contributed by atoms with van der Waals surface area (Å²) in [6, 6.07) is 7.85. The van der Waals surface area contributed by atoms with Gasteiger partial charge in [-0.1, -0.05) is 0 Å². The van der Waals surface area contributed by atoms with Gasteiger partial charge in [0.15, 0.2) is 0 Å². The number of hydrogen-bond acceptors (Lipinski definition) is 3. The summed E-state index contributed by atoms with van der Waals surface area (Å²) in [4.78, 5) is 12.6. The summed E-state index contributed by atoms with van der Waals surface area (Å²) in [5.41, 5.74) is 3.14. The van der Waals surface area contributed by atoms with Crippen LogP contribution in [0.2, 0.25) is 0 Å². The van der Waals surface area contributed by atoms with Gasteiger partial charge in [-0.3, -0.25) is 14.5 Å². The molecule has 3 aromatic heterocycles. The molecule has 0 unspecified atom stereocenters. The molecule has 3 heterocycles. The predicted molar refractivity (Wildman–Crippen MR) is 69.3 cm³/mol. The van der Waals surface area contributed by atoms with Crippen LogP contribution in [0, 0.1) is 6.92 Å². The van der Waals surface area contributed by atoms with E-state index in [4.69, 9.17) is 0 Å². The Morgan fingerprint density at radius 3 is 2.50 bits per heavy atom. The molecule has 0 aliphatic rings. The van der Waals surface area contributed by atoms with Crippen LogP contribution in [0.15, 0.2) is 55.2 Å². The second-order valence-corrected chi connectivity index (χ2v) is 4.01. The van der Waals surface area contributed by atoms with Gasteiger partial charge >= 0.3 is 0 Å². The van der Waals surface area contributed by atoms with E-state index in [9.17, 15) is 0 Å². The smallest absolute Gasteiger partial charge is 0.146 e. The molecule has 0 aromatic carbocycles. The SMILES string of the molecule is Cc1cnc(-c2cccnc2)n1-c1ccncc1. The first-order chi connectivity index (χ1) is 8.86. The van der Waals surface area contributed by atoms with Gasteiger partial charge in [0.2, 0.25) is 0 Å². The molecule has 0 aliphatic heterocycles. The highest BCUT2D eigenvalue weighted by Crippen LogP contribution is 2.22. The van der Waals surface area contributed by atoms with Crippen LogP contribution in [0.1, 0.15) is 5.69 Å². The standard InChI is InChI=1S/C14H12N4/c1-11-9-17-14(12-3-2-6-16-10-12)18(11)13-4-7-15-8-5-13/h2-10H,1H3. The van der Waals surface area contributed by atoms with E-state index in [1.54, 1.807) is 18.6 Å². The number of rotatable bonds is 2. The van der Waals surface area contributed by atoms with Gasteiger partial charge in [0.05, 0.1) is 5.69 Å². The minimum absolute atomic E-state index is 0.895. The third kappa shape index (κ3) is 1.78. The van der Waals surface area contributed by atoms with E-state index in [1.807, 2.05) is 43.6 Å². The minimum atomic E-state index is 0.895. The average Bonchev–Trinajstić information content (AvgIpc) is 2.83. The monoisotopic (exact) mass is 236 g/mol. The lowest BCUT2D eigenvalue weighted by Crippen LogP contribution is -1.99. The van der Waals surface area contributed by atoms with Crippen molar-refractivity contribution in [2.24, 2.45) is 0 Å². The first kappa shape index (κ1) is 10.7. The molecule has 0 amide bonds. The van der Waals surface area contributed by atoms with Crippen LogP contribution in [-0.2, 0) is 0 Å². The van der Waals surface area contributed by atoms with Gasteiger partial charge in [-0.15, -0.1) is 0 Å². The van der Waals surface area contributed by atoms with Gasteiger partial charge in [-0.2, -0.15) is 0 Å². The van der Waals surface area contributed by atoms with Crippen LogP contribution < -0.4 is 0 Å². The highest BCUT2D eigenvalue weighted by molar-refractivity contribution is 5.58. The molecule has 0 spiro atoms. The summed E-state index contributed by atoms with van der Waals surface area (Å²) in [7, 11) is 0. The van der Waals surface area contributed by atoms with Crippen LogP contribution in [0.25, 0.3) is 17.1 Å². The van der Waals surface area contributed by atoms with Gasteiger partial charge in [-0.05, 0) is 31.2 Å². The molecule has 4 heteroatoms. The summed E-state index contributed by atoms with van der Waals surface area (Å²) in [5, 5.41) is 0. The lowest BCUT2D eigenvalue weighted by Gasteiger charge is -2.09. The maximum Gasteiger partial charge on any atom is 0.146 e. The third-order valence-electron chi connectivity index (χ3n) is 2.78. The molecule has 0 bridgehead atoms. The van der Waals surface area contributed by atoms with E-state index in [-0.39, 0.29) is 0 Å². The highest BCUT2D eigenvalue weighted by atomic mass is 15.1. The highest BCUT2D eigenvalue weighted by Gasteiger charge is 2.10. The number of nitrogens with zero attached hydrogens (tertiary/aromatic N) is 4. The number of imidazole rings is 1. The van der Waals surface area contributed by atoms with Crippen molar-refractivity contribution >= 4 is 0 Å². The topological polar surface area (TPSA) is 43.6 Å². The molecule has 3 rings (SSSR count). The normalized spacial score (nSPS) is 10.5. The van der Waals surface area contributed by atoms with Crippen molar-refractivity contribution in [3.63, 3.8) is 0 Å². The molecule has 4 nitrogen and oxygen atoms in total. The molecule has 0 aliphatic carbocycles. The summed E-state index contributed by atoms with van der Waals surface area (Å²) in [6.45, 7) is 2.04. The van der Waals surface area contributed by atoms with E-state index in [0.29, 0.717) is 0 Å². The fourth-order valence-electron chi connectivity index (χ4n) is 1.95. The van der Waals surface area contributed by atoms with Crippen molar-refractivity contribution in [2.75, 3.05) is 0 Å². The lowest BCUT2D eigenvalue weighted by atomic mass is 10.2. The Bertz CT molecular complexity index is 644. The summed E-state index contributed by atoms with van der Waals surface area (Å²) in [6.07, 6.45) is 9.00. The zero-order valence-corrected chi connectivity index (χ0v) is 9.99. The van der Waals surface area contributed by atoms with Crippen molar-refractivity contribution in [2.45, 2.75) is 6.92 Å². The molecule has 3 aromatic rings. The fourth-order valence-corrected chi connectivity index (χ4v) is 1.95. The van der Waals surface area contributed by atoms with Crippen LogP contribution in [0.4, 0.5) is 0 Å². The molecule has 0 fully saturated rings. The maximum atomic E-state index is 4.46. The van der Waals surface area contributed by atoms with Crippen LogP contribution in [0.5, 0.6) is 0 Å². The third-order valence-corrected chi connectivity index (χ3v) is 2.78. The first-order valence-corrected chi connectivity index (χ1v) is 5.71. The van der Waals surface area contributed by atoms with Crippen molar-refractivity contribution in [1.82, 2.24) is 19.5 Å². The molecular weight excluding hydrogens is 224 g/mol. The van der Waals surface area contributed by atoms with Gasteiger partial charge in [-0.25, -0.2) is 4.98 Å². The molecule has 0 radical (unpaired) electrons. The Morgan fingerprint density at radius 1 is 0.944 bits per heavy atom. The maximum absolute atomic E-state index is 4.46. The van der Waals surface area contributed by atoms with Crippen LogP contribution >= 0.6 is 0 Å². The van der Waals surface area contributed by atoms with E-state index in [0.717, 1.165) is 22.8 Å². The molecule has 0 N–H and O–H groups in total. The predicted octanol–water partition coefficient (Wildman–Crippen LogP) is 2.64. The molecular formula is C14H12N4. The number of aryl methyl sites for hydroxylation is 1. The van der Waals surface area contributed by atoms with Crippen molar-refractivity contribution in [1.29, 1.82) is 0 Å². The van der Waals surface area contributed by atoms with Gasteiger partial charge in [0, 0.05) is 42.2 Å².